The third-order valence-corrected chi connectivity index (χ3v) is 5.49. The first-order valence-corrected chi connectivity index (χ1v) is 10.8. The van der Waals surface area contributed by atoms with Crippen LogP contribution in [0.1, 0.15) is 35.1 Å². The molecule has 0 saturated carbocycles. The van der Waals surface area contributed by atoms with Gasteiger partial charge in [-0.1, -0.05) is 97.1 Å². The molecule has 4 aromatic rings. The Morgan fingerprint density at radius 2 is 1.38 bits per heavy atom. The van der Waals surface area contributed by atoms with Gasteiger partial charge in [0.15, 0.2) is 5.76 Å². The highest BCUT2D eigenvalue weighted by molar-refractivity contribution is 6.01. The lowest BCUT2D eigenvalue weighted by molar-refractivity contribution is 0.546. The summed E-state index contributed by atoms with van der Waals surface area (Å²) >= 11 is 0. The molecule has 0 bridgehead atoms. The predicted molar refractivity (Wildman–Crippen MR) is 132 cm³/mol. The van der Waals surface area contributed by atoms with Crippen molar-refractivity contribution >= 4 is 23.6 Å². The monoisotopic (exact) mass is 416 g/mol. The van der Waals surface area contributed by atoms with E-state index in [0.29, 0.717) is 0 Å². The highest BCUT2D eigenvalue weighted by atomic mass is 16.3. The van der Waals surface area contributed by atoms with Crippen molar-refractivity contribution in [2.75, 3.05) is 5.01 Å². The number of hydrazone groups is 1. The fourth-order valence-corrected chi connectivity index (χ4v) is 3.89. The quantitative estimate of drug-likeness (QED) is 0.307. The second-order valence-electron chi connectivity index (χ2n) is 7.69. The number of rotatable bonds is 6. The van der Waals surface area contributed by atoms with E-state index in [-0.39, 0.29) is 6.04 Å². The van der Waals surface area contributed by atoms with Gasteiger partial charge in [-0.2, -0.15) is 5.10 Å². The number of benzene rings is 3. The molecule has 1 aliphatic rings. The molecule has 3 nitrogen and oxygen atoms in total. The smallest absolute Gasteiger partial charge is 0.150 e. The Morgan fingerprint density at radius 1 is 0.719 bits per heavy atom. The van der Waals surface area contributed by atoms with Gasteiger partial charge in [-0.3, -0.25) is 5.01 Å². The van der Waals surface area contributed by atoms with Gasteiger partial charge in [-0.25, -0.2) is 0 Å². The van der Waals surface area contributed by atoms with Gasteiger partial charge in [0, 0.05) is 6.42 Å². The Morgan fingerprint density at radius 3 is 2.12 bits per heavy atom. The summed E-state index contributed by atoms with van der Waals surface area (Å²) in [5, 5.41) is 7.06. The number of furan rings is 1. The summed E-state index contributed by atoms with van der Waals surface area (Å²) < 4.78 is 6.11. The highest BCUT2D eigenvalue weighted by Gasteiger charge is 2.31. The number of hydrogen-bond acceptors (Lipinski definition) is 3. The van der Waals surface area contributed by atoms with Gasteiger partial charge in [0.1, 0.15) is 11.5 Å². The lowest BCUT2D eigenvalue weighted by Crippen LogP contribution is -2.18. The molecule has 32 heavy (non-hydrogen) atoms. The molecule has 2 heterocycles. The maximum Gasteiger partial charge on any atom is 0.150 e. The summed E-state index contributed by atoms with van der Waals surface area (Å²) in [7, 11) is 0. The second-order valence-corrected chi connectivity index (χ2v) is 7.69. The standard InChI is InChI=1S/C29H24N2O/c1-4-12-23(13-5-1)14-10-11-19-26-20-21-29(32-26)27-22-28(24-15-6-2-7-16-24)31(30-27)25-17-8-3-9-18-25/h1-21,28H,22H2/b14-10+,19-11+. The van der Waals surface area contributed by atoms with Gasteiger partial charge >= 0.3 is 0 Å². The summed E-state index contributed by atoms with van der Waals surface area (Å²) in [6, 6.07) is 35.2. The van der Waals surface area contributed by atoms with Crippen molar-refractivity contribution in [3.63, 3.8) is 0 Å². The molecule has 3 heteroatoms. The zero-order valence-corrected chi connectivity index (χ0v) is 17.7. The normalized spacial score (nSPS) is 16.2. The molecule has 0 aliphatic carbocycles. The minimum absolute atomic E-state index is 0.145. The molecule has 0 saturated heterocycles. The van der Waals surface area contributed by atoms with E-state index in [2.05, 4.69) is 59.6 Å². The number of hydrogen-bond donors (Lipinski definition) is 0. The molecule has 1 aliphatic heterocycles. The fourth-order valence-electron chi connectivity index (χ4n) is 3.89. The first-order valence-electron chi connectivity index (χ1n) is 10.8. The minimum Gasteiger partial charge on any atom is -0.455 e. The Bertz CT molecular complexity index is 1240. The van der Waals surface area contributed by atoms with E-state index in [1.54, 1.807) is 0 Å². The molecule has 5 rings (SSSR count). The van der Waals surface area contributed by atoms with Gasteiger partial charge < -0.3 is 4.42 Å². The van der Waals surface area contributed by atoms with Crippen LogP contribution in [0.4, 0.5) is 5.69 Å². The molecule has 0 spiro atoms. The number of anilines is 1. The minimum atomic E-state index is 0.145. The summed E-state index contributed by atoms with van der Waals surface area (Å²) in [5.41, 5.74) is 4.45. The van der Waals surface area contributed by atoms with Crippen LogP contribution in [0.25, 0.3) is 12.2 Å². The van der Waals surface area contributed by atoms with Gasteiger partial charge in [0.2, 0.25) is 0 Å². The van der Waals surface area contributed by atoms with Gasteiger partial charge in [0.05, 0.1) is 11.7 Å². The van der Waals surface area contributed by atoms with E-state index in [4.69, 9.17) is 9.52 Å². The second kappa shape index (κ2) is 9.36. The van der Waals surface area contributed by atoms with Crippen LogP contribution < -0.4 is 5.01 Å². The van der Waals surface area contributed by atoms with Crippen molar-refractivity contribution in [3.8, 4) is 0 Å². The SMILES string of the molecule is C(/C=C/c1ccc(C2=NN(c3ccccc3)C(c3ccccc3)C2)o1)=C\c1ccccc1. The maximum absolute atomic E-state index is 6.11. The number of para-hydroxylation sites is 1. The van der Waals surface area contributed by atoms with Gasteiger partial charge in [0.25, 0.3) is 0 Å². The van der Waals surface area contributed by atoms with Crippen LogP contribution in [0.5, 0.6) is 0 Å². The van der Waals surface area contributed by atoms with Crippen LogP contribution in [0, 0.1) is 0 Å². The van der Waals surface area contributed by atoms with E-state index < -0.39 is 0 Å². The molecular weight excluding hydrogens is 392 g/mol. The van der Waals surface area contributed by atoms with Crippen LogP contribution in [-0.2, 0) is 0 Å². The fraction of sp³-hybridized carbons (Fsp3) is 0.0690. The molecule has 0 fully saturated rings. The van der Waals surface area contributed by atoms with Gasteiger partial charge in [-0.15, -0.1) is 0 Å². The van der Waals surface area contributed by atoms with Gasteiger partial charge in [-0.05, 0) is 41.5 Å². The Hall–Kier alpha value is -4.11. The van der Waals surface area contributed by atoms with Crippen LogP contribution in [-0.4, -0.2) is 5.71 Å². The number of nitrogens with zero attached hydrogens (tertiary/aromatic N) is 2. The average molecular weight is 417 g/mol. The van der Waals surface area contributed by atoms with Crippen molar-refractivity contribution in [1.29, 1.82) is 0 Å². The van der Waals surface area contributed by atoms with E-state index in [9.17, 15) is 0 Å². The molecule has 1 unspecified atom stereocenters. The van der Waals surface area contributed by atoms with Crippen molar-refractivity contribution in [2.45, 2.75) is 12.5 Å². The van der Waals surface area contributed by atoms with Crippen LogP contribution >= 0.6 is 0 Å². The Kier molecular flexibility index (Phi) is 5.80. The van der Waals surface area contributed by atoms with Crippen molar-refractivity contribution < 1.29 is 4.42 Å². The Labute approximate surface area is 188 Å². The van der Waals surface area contributed by atoms with Crippen LogP contribution in [0.15, 0.2) is 125 Å². The van der Waals surface area contributed by atoms with E-state index >= 15 is 0 Å². The molecule has 1 aromatic heterocycles. The summed E-state index contributed by atoms with van der Waals surface area (Å²) in [6.07, 6.45) is 8.86. The predicted octanol–water partition coefficient (Wildman–Crippen LogP) is 7.36. The summed E-state index contributed by atoms with van der Waals surface area (Å²) in [6.45, 7) is 0. The molecule has 156 valence electrons. The molecule has 3 aromatic carbocycles. The first kappa shape index (κ1) is 19.8. The molecule has 1 atom stereocenters. The van der Waals surface area contributed by atoms with E-state index in [1.807, 2.05) is 72.8 Å². The zero-order chi connectivity index (χ0) is 21.6. The lowest BCUT2D eigenvalue weighted by atomic mass is 10.0. The first-order chi connectivity index (χ1) is 15.9. The molecule has 0 amide bonds. The molecule has 0 radical (unpaired) electrons. The summed E-state index contributed by atoms with van der Waals surface area (Å²) in [5.74, 6) is 1.63. The number of allylic oxidation sites excluding steroid dienone is 2. The van der Waals surface area contributed by atoms with Crippen LogP contribution in [0.2, 0.25) is 0 Å². The third kappa shape index (κ3) is 4.47. The highest BCUT2D eigenvalue weighted by Crippen LogP contribution is 2.36. The molecule has 0 N–H and O–H groups in total. The summed E-state index contributed by atoms with van der Waals surface area (Å²) in [4.78, 5) is 0. The van der Waals surface area contributed by atoms with Crippen molar-refractivity contribution in [2.24, 2.45) is 5.10 Å². The van der Waals surface area contributed by atoms with E-state index in [0.717, 1.165) is 29.3 Å². The molecular formula is C29H24N2O. The van der Waals surface area contributed by atoms with Crippen molar-refractivity contribution in [1.82, 2.24) is 0 Å². The topological polar surface area (TPSA) is 28.7 Å². The average Bonchev–Trinajstić information content (AvgIpc) is 3.51. The zero-order valence-electron chi connectivity index (χ0n) is 17.7. The van der Waals surface area contributed by atoms with E-state index in [1.165, 1.54) is 11.1 Å². The van der Waals surface area contributed by atoms with Crippen molar-refractivity contribution in [3.05, 3.63) is 138 Å². The Balaban J connectivity index is 1.36. The van der Waals surface area contributed by atoms with Crippen LogP contribution in [0.3, 0.4) is 0 Å². The lowest BCUT2D eigenvalue weighted by Gasteiger charge is -2.23. The third-order valence-electron chi connectivity index (χ3n) is 5.49. The largest absolute Gasteiger partial charge is 0.455 e. The maximum atomic E-state index is 6.11.